The number of hydrogen-bond donors (Lipinski definition) is 2. The number of ether oxygens (including phenoxy) is 1. The monoisotopic (exact) mass is 245 g/mol. The van der Waals surface area contributed by atoms with Gasteiger partial charge in [-0.25, -0.2) is 0 Å². The van der Waals surface area contributed by atoms with Crippen molar-refractivity contribution in [2.24, 2.45) is 5.73 Å². The van der Waals surface area contributed by atoms with Gasteiger partial charge in [0, 0.05) is 27.3 Å². The topological polar surface area (TPSA) is 84.7 Å². The van der Waals surface area contributed by atoms with Crippen LogP contribution in [0.2, 0.25) is 0 Å². The van der Waals surface area contributed by atoms with Gasteiger partial charge in [-0.05, 0) is 19.8 Å². The number of amides is 2. The third kappa shape index (κ3) is 6.23. The summed E-state index contributed by atoms with van der Waals surface area (Å²) in [5, 5.41) is 2.48. The summed E-state index contributed by atoms with van der Waals surface area (Å²) in [6.07, 6.45) is 1.30. The van der Waals surface area contributed by atoms with Gasteiger partial charge in [0.05, 0.1) is 12.6 Å². The van der Waals surface area contributed by atoms with Crippen molar-refractivity contribution in [1.82, 2.24) is 10.2 Å². The molecule has 0 radical (unpaired) electrons. The highest BCUT2D eigenvalue weighted by Crippen LogP contribution is 2.00. The van der Waals surface area contributed by atoms with Crippen LogP contribution >= 0.6 is 0 Å². The second-order valence-electron chi connectivity index (χ2n) is 3.77. The van der Waals surface area contributed by atoms with Gasteiger partial charge in [-0.3, -0.25) is 9.59 Å². The lowest BCUT2D eigenvalue weighted by Crippen LogP contribution is -2.47. The van der Waals surface area contributed by atoms with Crippen molar-refractivity contribution in [2.75, 3.05) is 33.9 Å². The first-order chi connectivity index (χ1) is 8.06. The van der Waals surface area contributed by atoms with Crippen LogP contribution < -0.4 is 11.1 Å². The van der Waals surface area contributed by atoms with Crippen molar-refractivity contribution in [3.8, 4) is 0 Å². The third-order valence-electron chi connectivity index (χ3n) is 2.49. The van der Waals surface area contributed by atoms with Gasteiger partial charge >= 0.3 is 0 Å². The molecule has 0 rings (SSSR count). The lowest BCUT2D eigenvalue weighted by molar-refractivity contribution is -0.136. The highest BCUT2D eigenvalue weighted by Gasteiger charge is 2.20. The van der Waals surface area contributed by atoms with Crippen LogP contribution in [-0.4, -0.2) is 56.6 Å². The number of likely N-dealkylation sites (N-methyl/N-ethyl adjacent to an activating group) is 2. The summed E-state index contributed by atoms with van der Waals surface area (Å²) in [5.41, 5.74) is 5.77. The molecule has 0 aromatic heterocycles. The maximum atomic E-state index is 11.9. The quantitative estimate of drug-likeness (QED) is 0.556. The van der Waals surface area contributed by atoms with Crippen LogP contribution in [0, 0.1) is 0 Å². The average molecular weight is 245 g/mol. The summed E-state index contributed by atoms with van der Waals surface area (Å²) in [6, 6.07) is -0.560. The van der Waals surface area contributed by atoms with Crippen molar-refractivity contribution < 1.29 is 14.3 Å². The highest BCUT2D eigenvalue weighted by atomic mass is 16.5. The predicted octanol–water partition coefficient (Wildman–Crippen LogP) is -0.665. The summed E-state index contributed by atoms with van der Waals surface area (Å²) in [7, 11) is 3.15. The van der Waals surface area contributed by atoms with Crippen molar-refractivity contribution >= 4 is 11.8 Å². The molecule has 1 unspecified atom stereocenters. The first-order valence-corrected chi connectivity index (χ1v) is 5.80. The van der Waals surface area contributed by atoms with E-state index in [1.165, 1.54) is 4.90 Å². The summed E-state index contributed by atoms with van der Waals surface area (Å²) < 4.78 is 4.90. The van der Waals surface area contributed by atoms with Gasteiger partial charge in [-0.15, -0.1) is 0 Å². The van der Waals surface area contributed by atoms with Gasteiger partial charge < -0.3 is 20.7 Å². The molecule has 0 aliphatic carbocycles. The number of nitrogens with one attached hydrogen (secondary N) is 1. The smallest absolute Gasteiger partial charge is 0.239 e. The minimum absolute atomic E-state index is 0.0593. The van der Waals surface area contributed by atoms with Gasteiger partial charge in [-0.1, -0.05) is 0 Å². The van der Waals surface area contributed by atoms with Crippen molar-refractivity contribution in [2.45, 2.75) is 25.8 Å². The van der Waals surface area contributed by atoms with Gasteiger partial charge in [0.15, 0.2) is 0 Å². The van der Waals surface area contributed by atoms with E-state index >= 15 is 0 Å². The Balaban J connectivity index is 4.17. The Morgan fingerprint density at radius 1 is 1.47 bits per heavy atom. The summed E-state index contributed by atoms with van der Waals surface area (Å²) >= 11 is 0. The van der Waals surface area contributed by atoms with E-state index in [2.05, 4.69) is 5.32 Å². The van der Waals surface area contributed by atoms with Crippen LogP contribution in [0.25, 0.3) is 0 Å². The summed E-state index contributed by atoms with van der Waals surface area (Å²) in [5.74, 6) is -0.378. The third-order valence-corrected chi connectivity index (χ3v) is 2.49. The molecule has 0 bridgehead atoms. The fourth-order valence-corrected chi connectivity index (χ4v) is 1.40. The van der Waals surface area contributed by atoms with E-state index in [4.69, 9.17) is 10.5 Å². The zero-order valence-electron chi connectivity index (χ0n) is 10.9. The Morgan fingerprint density at radius 3 is 2.59 bits per heavy atom. The van der Waals surface area contributed by atoms with Crippen molar-refractivity contribution in [3.05, 3.63) is 0 Å². The standard InChI is InChI=1S/C11H23N3O3/c1-4-14(8-10(15)13-2)11(16)9(12)6-5-7-17-3/h9H,4-8,12H2,1-3H3,(H,13,15). The molecule has 1 atom stereocenters. The first-order valence-electron chi connectivity index (χ1n) is 5.80. The van der Waals surface area contributed by atoms with Gasteiger partial charge in [0.25, 0.3) is 0 Å². The molecule has 0 saturated carbocycles. The fourth-order valence-electron chi connectivity index (χ4n) is 1.40. The summed E-state index contributed by atoms with van der Waals surface area (Å²) in [4.78, 5) is 24.6. The molecule has 0 heterocycles. The lowest BCUT2D eigenvalue weighted by Gasteiger charge is -2.23. The van der Waals surface area contributed by atoms with Gasteiger partial charge in [0.2, 0.25) is 11.8 Å². The normalized spacial score (nSPS) is 12.0. The Morgan fingerprint density at radius 2 is 2.12 bits per heavy atom. The first kappa shape index (κ1) is 15.9. The Kier molecular flexibility index (Phi) is 8.35. The molecule has 0 aromatic rings. The molecule has 0 aromatic carbocycles. The molecule has 100 valence electrons. The minimum Gasteiger partial charge on any atom is -0.385 e. The molecule has 0 saturated heterocycles. The molecule has 0 spiro atoms. The molecule has 0 aliphatic rings. The average Bonchev–Trinajstić information content (AvgIpc) is 2.34. The van der Waals surface area contributed by atoms with Gasteiger partial charge in [0.1, 0.15) is 0 Å². The maximum Gasteiger partial charge on any atom is 0.239 e. The molecule has 0 aliphatic heterocycles. The molecule has 0 fully saturated rings. The van der Waals surface area contributed by atoms with E-state index in [1.54, 1.807) is 14.2 Å². The van der Waals surface area contributed by atoms with Crippen LogP contribution in [0.5, 0.6) is 0 Å². The number of rotatable bonds is 8. The van der Waals surface area contributed by atoms with Crippen LogP contribution in [0.3, 0.4) is 0 Å². The molecular formula is C11H23N3O3. The zero-order chi connectivity index (χ0) is 13.3. The molecule has 3 N–H and O–H groups in total. The van der Waals surface area contributed by atoms with E-state index in [0.29, 0.717) is 19.6 Å². The number of nitrogens with two attached hydrogens (primary N) is 1. The maximum absolute atomic E-state index is 11.9. The SMILES string of the molecule is CCN(CC(=O)NC)C(=O)C(N)CCCOC. The lowest BCUT2D eigenvalue weighted by atomic mass is 10.1. The second-order valence-corrected chi connectivity index (χ2v) is 3.77. The number of hydrogen-bond acceptors (Lipinski definition) is 4. The number of carbonyl (C=O) groups excluding carboxylic acids is 2. The largest absolute Gasteiger partial charge is 0.385 e. The fraction of sp³-hybridized carbons (Fsp3) is 0.818. The van der Waals surface area contributed by atoms with E-state index in [1.807, 2.05) is 6.92 Å². The van der Waals surface area contributed by atoms with Crippen molar-refractivity contribution in [3.63, 3.8) is 0 Å². The second kappa shape index (κ2) is 8.95. The highest BCUT2D eigenvalue weighted by molar-refractivity contribution is 5.87. The summed E-state index contributed by atoms with van der Waals surface area (Å²) in [6.45, 7) is 2.94. The van der Waals surface area contributed by atoms with Crippen LogP contribution in [0.4, 0.5) is 0 Å². The number of methoxy groups -OCH3 is 1. The number of carbonyl (C=O) groups is 2. The zero-order valence-corrected chi connectivity index (χ0v) is 10.9. The van der Waals surface area contributed by atoms with E-state index < -0.39 is 6.04 Å². The Labute approximate surface area is 102 Å². The van der Waals surface area contributed by atoms with Gasteiger partial charge in [-0.2, -0.15) is 0 Å². The van der Waals surface area contributed by atoms with Crippen LogP contribution in [0.1, 0.15) is 19.8 Å². The van der Waals surface area contributed by atoms with E-state index in [0.717, 1.165) is 6.42 Å². The van der Waals surface area contributed by atoms with Crippen molar-refractivity contribution in [1.29, 1.82) is 0 Å². The Bertz CT molecular complexity index is 246. The molecule has 2 amide bonds. The molecule has 17 heavy (non-hydrogen) atoms. The van der Waals surface area contributed by atoms with E-state index in [-0.39, 0.29) is 18.4 Å². The minimum atomic E-state index is -0.560. The molecule has 6 nitrogen and oxygen atoms in total. The predicted molar refractivity (Wildman–Crippen MR) is 65.4 cm³/mol. The Hall–Kier alpha value is -1.14. The molecular weight excluding hydrogens is 222 g/mol. The van der Waals surface area contributed by atoms with Crippen LogP contribution in [-0.2, 0) is 14.3 Å². The van der Waals surface area contributed by atoms with E-state index in [9.17, 15) is 9.59 Å². The van der Waals surface area contributed by atoms with Crippen LogP contribution in [0.15, 0.2) is 0 Å². The number of nitrogens with zero attached hydrogens (tertiary/aromatic N) is 1. The molecule has 6 heteroatoms.